The first kappa shape index (κ1) is 16.2. The second kappa shape index (κ2) is 3.91. The molecule has 0 aliphatic heterocycles. The molecule has 6 fully saturated rings. The van der Waals surface area contributed by atoms with E-state index in [0.717, 1.165) is 38.5 Å². The molecule has 4 heteroatoms. The van der Waals surface area contributed by atoms with Crippen LogP contribution in [0.2, 0.25) is 0 Å². The first-order valence-electron chi connectivity index (χ1n) is 9.09. The molecule has 4 nitrogen and oxygen atoms in total. The molecule has 6 rings (SSSR count). The molecule has 6 aliphatic carbocycles. The van der Waals surface area contributed by atoms with Crippen molar-refractivity contribution in [2.75, 3.05) is 0 Å². The quantitative estimate of drug-likeness (QED) is 0.760. The van der Waals surface area contributed by atoms with E-state index in [2.05, 4.69) is 39.8 Å². The minimum absolute atomic E-state index is 0.0275. The molecular weight excluding hydrogens is 304 g/mol. The van der Waals surface area contributed by atoms with Crippen LogP contribution in [0.4, 0.5) is 0 Å². The van der Waals surface area contributed by atoms with Crippen molar-refractivity contribution in [3.8, 4) is 0 Å². The number of hydrogen-bond acceptors (Lipinski definition) is 2. The number of hydrogen-bond donors (Lipinski definition) is 2. The molecular formula is C20H28O4. The first-order valence-corrected chi connectivity index (χ1v) is 9.09. The molecule has 0 amide bonds. The van der Waals surface area contributed by atoms with Gasteiger partial charge in [-0.3, -0.25) is 9.59 Å². The number of fused-ring (bicyclic) bond motifs is 2. The lowest BCUT2D eigenvalue weighted by Crippen LogP contribution is -2.60. The lowest BCUT2D eigenvalue weighted by atomic mass is 9.41. The van der Waals surface area contributed by atoms with Gasteiger partial charge in [0.25, 0.3) is 0 Å². The van der Waals surface area contributed by atoms with Crippen LogP contribution in [0.15, 0.2) is 12.2 Å². The molecule has 4 unspecified atom stereocenters. The van der Waals surface area contributed by atoms with Gasteiger partial charge in [0.05, 0.1) is 10.8 Å². The predicted octanol–water partition coefficient (Wildman–Crippen LogP) is 4.10. The molecule has 4 bridgehead atoms. The SMILES string of the molecule is CC1(C)C2(/C=C/C34CCC(C(=O)O)(C3)C4(C)C)CCC1(C(=O)O)C2. The van der Waals surface area contributed by atoms with Crippen LogP contribution in [0, 0.1) is 32.5 Å². The summed E-state index contributed by atoms with van der Waals surface area (Å²) in [5.74, 6) is -1.30. The maximum atomic E-state index is 11.8. The van der Waals surface area contributed by atoms with E-state index in [9.17, 15) is 19.8 Å². The van der Waals surface area contributed by atoms with Gasteiger partial charge in [0, 0.05) is 0 Å². The molecule has 0 radical (unpaired) electrons. The van der Waals surface area contributed by atoms with Crippen molar-refractivity contribution < 1.29 is 19.8 Å². The zero-order valence-electron chi connectivity index (χ0n) is 15.1. The number of carbonyl (C=O) groups is 2. The smallest absolute Gasteiger partial charge is 0.310 e. The highest BCUT2D eigenvalue weighted by Gasteiger charge is 2.78. The Hall–Kier alpha value is -1.32. The van der Waals surface area contributed by atoms with Crippen LogP contribution < -0.4 is 0 Å². The summed E-state index contributed by atoms with van der Waals surface area (Å²) < 4.78 is 0. The van der Waals surface area contributed by atoms with Crippen LogP contribution in [0.25, 0.3) is 0 Å². The van der Waals surface area contributed by atoms with E-state index < -0.39 is 22.8 Å². The fourth-order valence-electron chi connectivity index (χ4n) is 7.10. The molecule has 0 aromatic heterocycles. The van der Waals surface area contributed by atoms with E-state index in [1.54, 1.807) is 0 Å². The fraction of sp³-hybridized carbons (Fsp3) is 0.800. The summed E-state index contributed by atoms with van der Waals surface area (Å²) in [5, 5.41) is 19.4. The summed E-state index contributed by atoms with van der Waals surface area (Å²) in [6.07, 6.45) is 9.44. The highest BCUT2D eigenvalue weighted by atomic mass is 16.4. The topological polar surface area (TPSA) is 74.6 Å². The van der Waals surface area contributed by atoms with Gasteiger partial charge in [0.15, 0.2) is 0 Å². The zero-order chi connectivity index (χ0) is 17.8. The van der Waals surface area contributed by atoms with Gasteiger partial charge in [-0.25, -0.2) is 0 Å². The molecule has 6 saturated carbocycles. The molecule has 0 spiro atoms. The summed E-state index contributed by atoms with van der Waals surface area (Å²) >= 11 is 0. The van der Waals surface area contributed by atoms with Gasteiger partial charge in [-0.2, -0.15) is 0 Å². The predicted molar refractivity (Wildman–Crippen MR) is 89.4 cm³/mol. The molecule has 2 N–H and O–H groups in total. The van der Waals surface area contributed by atoms with Crippen molar-refractivity contribution in [1.82, 2.24) is 0 Å². The first-order chi connectivity index (χ1) is 10.9. The van der Waals surface area contributed by atoms with Crippen molar-refractivity contribution >= 4 is 11.9 Å². The van der Waals surface area contributed by atoms with Crippen molar-refractivity contribution in [3.63, 3.8) is 0 Å². The van der Waals surface area contributed by atoms with Crippen molar-refractivity contribution in [3.05, 3.63) is 12.2 Å². The van der Waals surface area contributed by atoms with Gasteiger partial charge >= 0.3 is 11.9 Å². The summed E-state index contributed by atoms with van der Waals surface area (Å²) in [7, 11) is 0. The van der Waals surface area contributed by atoms with E-state index in [0.29, 0.717) is 0 Å². The van der Waals surface area contributed by atoms with E-state index in [1.807, 2.05) is 0 Å². The lowest BCUT2D eigenvalue weighted by Gasteiger charge is -2.61. The average Bonchev–Trinajstić information content (AvgIpc) is 3.18. The van der Waals surface area contributed by atoms with Gasteiger partial charge in [-0.1, -0.05) is 39.8 Å². The van der Waals surface area contributed by atoms with Crippen molar-refractivity contribution in [2.24, 2.45) is 32.5 Å². The minimum Gasteiger partial charge on any atom is -0.481 e. The van der Waals surface area contributed by atoms with E-state index >= 15 is 0 Å². The molecule has 132 valence electrons. The summed E-state index contributed by atoms with van der Waals surface area (Å²) in [5.41, 5.74) is -1.64. The fourth-order valence-corrected chi connectivity index (χ4v) is 7.10. The van der Waals surface area contributed by atoms with E-state index in [4.69, 9.17) is 0 Å². The molecule has 0 aromatic rings. The highest BCUT2D eigenvalue weighted by molar-refractivity contribution is 5.80. The molecule has 4 atom stereocenters. The number of allylic oxidation sites excluding steroid dienone is 2. The van der Waals surface area contributed by atoms with Crippen LogP contribution in [-0.2, 0) is 9.59 Å². The van der Waals surface area contributed by atoms with Crippen LogP contribution in [-0.4, -0.2) is 22.2 Å². The largest absolute Gasteiger partial charge is 0.481 e. The Balaban J connectivity index is 1.63. The summed E-state index contributed by atoms with van der Waals surface area (Å²) in [4.78, 5) is 23.6. The third-order valence-corrected chi connectivity index (χ3v) is 9.65. The molecule has 6 aliphatic rings. The maximum absolute atomic E-state index is 11.8. The number of carboxylic acids is 2. The molecule has 0 saturated heterocycles. The molecule has 0 heterocycles. The normalized spacial score (nSPS) is 49.7. The van der Waals surface area contributed by atoms with Crippen LogP contribution in [0.5, 0.6) is 0 Å². The van der Waals surface area contributed by atoms with Gasteiger partial charge in [-0.15, -0.1) is 0 Å². The zero-order valence-corrected chi connectivity index (χ0v) is 15.1. The molecule has 24 heavy (non-hydrogen) atoms. The second-order valence-electron chi connectivity index (χ2n) is 10.0. The van der Waals surface area contributed by atoms with Gasteiger partial charge in [0.2, 0.25) is 0 Å². The van der Waals surface area contributed by atoms with Gasteiger partial charge in [0.1, 0.15) is 0 Å². The molecule has 0 aromatic carbocycles. The lowest BCUT2D eigenvalue weighted by molar-refractivity contribution is -0.182. The highest BCUT2D eigenvalue weighted by Crippen LogP contribution is 2.81. The maximum Gasteiger partial charge on any atom is 0.310 e. The Morgan fingerprint density at radius 3 is 1.25 bits per heavy atom. The third-order valence-electron chi connectivity index (χ3n) is 9.65. The number of aliphatic carboxylic acids is 2. The monoisotopic (exact) mass is 332 g/mol. The van der Waals surface area contributed by atoms with Crippen LogP contribution in [0.3, 0.4) is 0 Å². The van der Waals surface area contributed by atoms with Gasteiger partial charge < -0.3 is 10.2 Å². The Morgan fingerprint density at radius 1 is 0.708 bits per heavy atom. The minimum atomic E-state index is -0.651. The van der Waals surface area contributed by atoms with E-state index in [1.165, 1.54) is 0 Å². The average molecular weight is 332 g/mol. The Bertz CT molecular complexity index is 632. The van der Waals surface area contributed by atoms with Gasteiger partial charge in [-0.05, 0) is 60.2 Å². The Morgan fingerprint density at radius 2 is 1.04 bits per heavy atom. The van der Waals surface area contributed by atoms with Crippen LogP contribution >= 0.6 is 0 Å². The van der Waals surface area contributed by atoms with Crippen molar-refractivity contribution in [1.29, 1.82) is 0 Å². The number of rotatable bonds is 4. The van der Waals surface area contributed by atoms with Crippen LogP contribution in [0.1, 0.15) is 66.2 Å². The Labute approximate surface area is 143 Å². The Kier molecular flexibility index (Phi) is 2.64. The summed E-state index contributed by atoms with van der Waals surface area (Å²) in [6, 6.07) is 0. The summed E-state index contributed by atoms with van der Waals surface area (Å²) in [6.45, 7) is 8.40. The van der Waals surface area contributed by atoms with E-state index in [-0.39, 0.29) is 21.7 Å². The standard InChI is InChI=1S/C20H28O4/c1-15(2)17(7-9-19(15,11-17)13(21)22)5-6-18-8-10-20(12-18,14(23)24)16(18,3)4/h5-6H,7-12H2,1-4H3,(H,21,22)(H,23,24)/b6-5+. The second-order valence-corrected chi connectivity index (χ2v) is 10.0. The van der Waals surface area contributed by atoms with Crippen molar-refractivity contribution in [2.45, 2.75) is 66.2 Å². The third kappa shape index (κ3) is 1.26. The number of carboxylic acid groups (broad SMARTS) is 2.